The number of nitrogens with zero attached hydrogens (tertiary/aromatic N) is 5. The Morgan fingerprint density at radius 3 is 2.81 bits per heavy atom. The number of pyridine rings is 2. The number of rotatable bonds is 3. The van der Waals surface area contributed by atoms with Crippen molar-refractivity contribution in [3.63, 3.8) is 0 Å². The second kappa shape index (κ2) is 6.02. The minimum absolute atomic E-state index is 0.169. The largest absolute Gasteiger partial charge is 0.328 e. The molecule has 0 radical (unpaired) electrons. The Labute approximate surface area is 158 Å². The van der Waals surface area contributed by atoms with Crippen LogP contribution in [0.2, 0.25) is 0 Å². The number of aromatic nitrogens is 4. The normalized spacial score (nSPS) is 16.3. The molecule has 0 spiro atoms. The van der Waals surface area contributed by atoms with Crippen LogP contribution in [0, 0.1) is 0 Å². The maximum atomic E-state index is 12.7. The number of amides is 1. The highest BCUT2D eigenvalue weighted by atomic mass is 16.2. The predicted molar refractivity (Wildman–Crippen MR) is 102 cm³/mol. The number of fused-ring (bicyclic) bond motifs is 2. The van der Waals surface area contributed by atoms with Gasteiger partial charge in [-0.15, -0.1) is 0 Å². The van der Waals surface area contributed by atoms with Crippen molar-refractivity contribution in [1.82, 2.24) is 24.6 Å². The van der Waals surface area contributed by atoms with Gasteiger partial charge in [-0.2, -0.15) is 5.10 Å². The fourth-order valence-corrected chi connectivity index (χ4v) is 3.28. The van der Waals surface area contributed by atoms with Gasteiger partial charge in [-0.3, -0.25) is 14.5 Å². The summed E-state index contributed by atoms with van der Waals surface area (Å²) in [6.07, 6.45) is 5.22. The summed E-state index contributed by atoms with van der Waals surface area (Å²) in [6, 6.07) is 13.0. The summed E-state index contributed by atoms with van der Waals surface area (Å²) in [7, 11) is 1.86. The topological polar surface area (TPSA) is 63.9 Å². The van der Waals surface area contributed by atoms with Crippen LogP contribution in [0.4, 0.5) is 0 Å². The van der Waals surface area contributed by atoms with Crippen LogP contribution in [-0.2, 0) is 20.1 Å². The van der Waals surface area contributed by atoms with Crippen LogP contribution in [0.15, 0.2) is 61.1 Å². The van der Waals surface area contributed by atoms with Crippen molar-refractivity contribution in [3.05, 3.63) is 77.9 Å². The third-order valence-corrected chi connectivity index (χ3v) is 4.63. The van der Waals surface area contributed by atoms with Crippen LogP contribution in [0.3, 0.4) is 0 Å². The van der Waals surface area contributed by atoms with Crippen molar-refractivity contribution in [2.24, 2.45) is 7.05 Å². The van der Waals surface area contributed by atoms with Crippen LogP contribution in [0.25, 0.3) is 22.2 Å². The molecule has 27 heavy (non-hydrogen) atoms. The molecule has 0 bridgehead atoms. The average Bonchev–Trinajstić information content (AvgIpc) is 3.18. The highest BCUT2D eigenvalue weighted by Crippen LogP contribution is 2.25. The summed E-state index contributed by atoms with van der Waals surface area (Å²) in [5.41, 5.74) is 4.02. The number of aryl methyl sites for hydroxylation is 1. The molecule has 0 saturated heterocycles. The molecule has 5 rings (SSSR count). The average molecular weight is 357 g/mol. The molecule has 0 unspecified atom stereocenters. The first-order chi connectivity index (χ1) is 13.9. The molecule has 4 aromatic rings. The zero-order valence-corrected chi connectivity index (χ0v) is 14.6. The van der Waals surface area contributed by atoms with Crippen molar-refractivity contribution < 1.29 is 7.54 Å². The molecule has 0 aliphatic carbocycles. The quantitative estimate of drug-likeness (QED) is 0.565. The summed E-state index contributed by atoms with van der Waals surface area (Å²) in [5.74, 6) is -0.339. The van der Waals surface area contributed by atoms with E-state index < -0.39 is 6.50 Å². The number of hydrogen-bond acceptors (Lipinski definition) is 4. The maximum Gasteiger partial charge on any atom is 0.256 e. The number of benzene rings is 1. The molecule has 4 heterocycles. The lowest BCUT2D eigenvalue weighted by Gasteiger charge is -2.15. The van der Waals surface area contributed by atoms with E-state index in [4.69, 9.17) is 2.74 Å². The number of carbonyl (C=O) groups excluding carboxylic acids is 1. The van der Waals surface area contributed by atoms with Gasteiger partial charge in [-0.25, -0.2) is 4.98 Å². The highest BCUT2D eigenvalue weighted by molar-refractivity contribution is 5.97. The van der Waals surface area contributed by atoms with Gasteiger partial charge in [0.25, 0.3) is 5.91 Å². The molecule has 132 valence electrons. The highest BCUT2D eigenvalue weighted by Gasteiger charge is 2.27. The van der Waals surface area contributed by atoms with E-state index in [0.29, 0.717) is 11.2 Å². The van der Waals surface area contributed by atoms with E-state index >= 15 is 0 Å². The van der Waals surface area contributed by atoms with E-state index in [1.807, 2.05) is 43.6 Å². The van der Waals surface area contributed by atoms with E-state index in [1.54, 1.807) is 23.0 Å². The van der Waals surface area contributed by atoms with E-state index in [2.05, 4.69) is 15.1 Å². The van der Waals surface area contributed by atoms with Crippen molar-refractivity contribution in [3.8, 4) is 11.1 Å². The summed E-state index contributed by atoms with van der Waals surface area (Å²) in [5, 5.41) is 5.25. The first-order valence-corrected chi connectivity index (χ1v) is 8.60. The Morgan fingerprint density at radius 2 is 2.00 bits per heavy atom. The minimum Gasteiger partial charge on any atom is -0.328 e. The van der Waals surface area contributed by atoms with Gasteiger partial charge in [0, 0.05) is 43.1 Å². The van der Waals surface area contributed by atoms with Crippen LogP contribution in [-0.4, -0.2) is 30.6 Å². The van der Waals surface area contributed by atoms with Crippen LogP contribution in [0.1, 0.15) is 24.4 Å². The number of hydrogen-bond donors (Lipinski definition) is 0. The second-order valence-electron chi connectivity index (χ2n) is 6.54. The SMILES string of the molecule is [2H]C1([2H])c2ncccc2C(=O)N1Cc1ccc(-c2cnc3nn(C)cc3c2)cc1. The molecular weight excluding hydrogens is 338 g/mol. The third-order valence-electron chi connectivity index (χ3n) is 4.63. The van der Waals surface area contributed by atoms with Gasteiger partial charge >= 0.3 is 0 Å². The van der Waals surface area contributed by atoms with Crippen molar-refractivity contribution in [2.45, 2.75) is 13.0 Å². The minimum atomic E-state index is -1.93. The van der Waals surface area contributed by atoms with Gasteiger partial charge in [0.2, 0.25) is 0 Å². The van der Waals surface area contributed by atoms with Crippen molar-refractivity contribution >= 4 is 16.9 Å². The van der Waals surface area contributed by atoms with Gasteiger partial charge in [-0.1, -0.05) is 24.3 Å². The maximum absolute atomic E-state index is 12.7. The second-order valence-corrected chi connectivity index (χ2v) is 6.54. The molecule has 0 saturated carbocycles. The Bertz CT molecular complexity index is 1250. The van der Waals surface area contributed by atoms with E-state index in [0.717, 1.165) is 22.1 Å². The predicted octanol–water partition coefficient (Wildman–Crippen LogP) is 3.19. The molecule has 0 N–H and O–H groups in total. The van der Waals surface area contributed by atoms with Crippen molar-refractivity contribution in [1.29, 1.82) is 0 Å². The van der Waals surface area contributed by atoms with Crippen LogP contribution < -0.4 is 0 Å². The molecular formula is C21H17N5O. The smallest absolute Gasteiger partial charge is 0.256 e. The van der Waals surface area contributed by atoms with E-state index in [-0.39, 0.29) is 18.1 Å². The van der Waals surface area contributed by atoms with Crippen molar-refractivity contribution in [2.75, 3.05) is 0 Å². The van der Waals surface area contributed by atoms with Gasteiger partial charge in [0.05, 0.1) is 20.5 Å². The van der Waals surface area contributed by atoms with E-state index in [1.165, 1.54) is 11.1 Å². The van der Waals surface area contributed by atoms with Gasteiger partial charge in [0.15, 0.2) is 5.65 Å². The first-order valence-electron chi connectivity index (χ1n) is 9.60. The molecule has 1 aliphatic rings. The lowest BCUT2D eigenvalue weighted by atomic mass is 10.0. The molecule has 1 aromatic carbocycles. The molecule has 0 atom stereocenters. The molecule has 6 heteroatoms. The monoisotopic (exact) mass is 357 g/mol. The van der Waals surface area contributed by atoms with Gasteiger partial charge in [0.1, 0.15) is 0 Å². The van der Waals surface area contributed by atoms with E-state index in [9.17, 15) is 4.79 Å². The van der Waals surface area contributed by atoms with Crippen LogP contribution in [0.5, 0.6) is 0 Å². The zero-order chi connectivity index (χ0) is 20.2. The van der Waals surface area contributed by atoms with Gasteiger partial charge < -0.3 is 4.90 Å². The third kappa shape index (κ3) is 2.75. The summed E-state index contributed by atoms with van der Waals surface area (Å²) >= 11 is 0. The Morgan fingerprint density at radius 1 is 1.15 bits per heavy atom. The summed E-state index contributed by atoms with van der Waals surface area (Å²) in [4.78, 5) is 22.4. The number of carbonyl (C=O) groups is 1. The molecule has 1 amide bonds. The lowest BCUT2D eigenvalue weighted by Crippen LogP contribution is -2.23. The molecule has 6 nitrogen and oxygen atoms in total. The summed E-state index contributed by atoms with van der Waals surface area (Å²) < 4.78 is 18.4. The Kier molecular flexibility index (Phi) is 3.04. The standard InChI is InChI=1S/C21H17N5O/c1-25-12-17-9-16(10-23-20(17)24-25)15-6-4-14(5-7-15)11-26-13-19-18(21(26)27)3-2-8-22-19/h2-10,12H,11,13H2,1H3/i13D2. The fraction of sp³-hybridized carbons (Fsp3) is 0.143. The Hall–Kier alpha value is -3.54. The fourth-order valence-electron chi connectivity index (χ4n) is 3.28. The molecule has 3 aromatic heterocycles. The summed E-state index contributed by atoms with van der Waals surface area (Å²) in [6.45, 7) is -1.76. The lowest BCUT2D eigenvalue weighted by molar-refractivity contribution is 0.0766. The Balaban J connectivity index is 1.41. The zero-order valence-electron chi connectivity index (χ0n) is 16.6. The first kappa shape index (κ1) is 13.6. The van der Waals surface area contributed by atoms with Crippen LogP contribution >= 0.6 is 0 Å². The van der Waals surface area contributed by atoms with Gasteiger partial charge in [-0.05, 0) is 29.3 Å². The molecule has 0 fully saturated rings. The molecule has 1 aliphatic heterocycles.